The Balaban J connectivity index is 1.26. The first-order chi connectivity index (χ1) is 21.8. The molecule has 0 bridgehead atoms. The Hall–Kier alpha value is -5.58. The highest BCUT2D eigenvalue weighted by Crippen LogP contribution is 2.44. The lowest BCUT2D eigenvalue weighted by atomic mass is 10.0. The molecule has 0 unspecified atom stereocenters. The number of nitrogens with zero attached hydrogens (tertiary/aromatic N) is 3. The summed E-state index contributed by atoms with van der Waals surface area (Å²) in [5.74, 6) is 0.722. The highest BCUT2D eigenvalue weighted by atomic mass is 32.1. The van der Waals surface area contributed by atoms with Gasteiger partial charge in [0.1, 0.15) is 0 Å². The predicted molar refractivity (Wildman–Crippen MR) is 186 cm³/mol. The number of hydrogen-bond acceptors (Lipinski definition) is 3. The smallest absolute Gasteiger partial charge is 0.160 e. The van der Waals surface area contributed by atoms with Crippen LogP contribution in [-0.4, -0.2) is 14.5 Å². The lowest BCUT2D eigenvalue weighted by molar-refractivity contribution is 1.17. The van der Waals surface area contributed by atoms with Gasteiger partial charge < -0.3 is 4.57 Å². The molecule has 0 amide bonds. The molecule has 3 aromatic heterocycles. The zero-order chi connectivity index (χ0) is 29.0. The average Bonchev–Trinajstić information content (AvgIpc) is 3.73. The summed E-state index contributed by atoms with van der Waals surface area (Å²) in [5, 5.41) is 8.69. The number of rotatable bonds is 4. The second kappa shape index (κ2) is 10.0. The Kier molecular flexibility index (Phi) is 5.68. The van der Waals surface area contributed by atoms with Crippen LogP contribution >= 0.6 is 11.3 Å². The molecule has 0 aliphatic heterocycles. The number of hydrogen-bond donors (Lipinski definition) is 0. The average molecular weight is 580 g/mol. The van der Waals surface area contributed by atoms with Crippen LogP contribution in [0.4, 0.5) is 0 Å². The lowest BCUT2D eigenvalue weighted by Crippen LogP contribution is -1.97. The van der Waals surface area contributed by atoms with Crippen LogP contribution in [0.2, 0.25) is 0 Å². The Morgan fingerprint density at radius 3 is 1.80 bits per heavy atom. The van der Waals surface area contributed by atoms with Crippen molar-refractivity contribution in [2.45, 2.75) is 0 Å². The minimum absolute atomic E-state index is 0.722. The van der Waals surface area contributed by atoms with Gasteiger partial charge in [-0.3, -0.25) is 0 Å². The summed E-state index contributed by atoms with van der Waals surface area (Å²) in [4.78, 5) is 10.0. The van der Waals surface area contributed by atoms with Gasteiger partial charge >= 0.3 is 0 Å². The van der Waals surface area contributed by atoms with E-state index < -0.39 is 0 Å². The van der Waals surface area contributed by atoms with Crippen LogP contribution in [0, 0.1) is 0 Å². The fraction of sp³-hybridized carbons (Fsp3) is 0. The highest BCUT2D eigenvalue weighted by Gasteiger charge is 2.19. The minimum atomic E-state index is 0.722. The van der Waals surface area contributed by atoms with Crippen LogP contribution in [0.3, 0.4) is 0 Å². The van der Waals surface area contributed by atoms with E-state index >= 15 is 0 Å². The molecule has 3 heterocycles. The van der Waals surface area contributed by atoms with E-state index in [1.54, 1.807) is 0 Å². The van der Waals surface area contributed by atoms with Crippen molar-refractivity contribution in [2.24, 2.45) is 0 Å². The summed E-state index contributed by atoms with van der Waals surface area (Å²) in [6.45, 7) is 0. The Morgan fingerprint density at radius 1 is 0.477 bits per heavy atom. The first-order valence-electron chi connectivity index (χ1n) is 14.8. The number of thiophene rings is 1. The van der Waals surface area contributed by atoms with Gasteiger partial charge in [-0.15, -0.1) is 11.3 Å². The second-order valence-electron chi connectivity index (χ2n) is 11.0. The molecule has 0 saturated heterocycles. The molecule has 0 aliphatic carbocycles. The van der Waals surface area contributed by atoms with Crippen LogP contribution in [0.25, 0.3) is 82.3 Å². The predicted octanol–water partition coefficient (Wildman–Crippen LogP) is 10.9. The molecule has 3 nitrogen and oxygen atoms in total. The van der Waals surface area contributed by atoms with E-state index in [0.717, 1.165) is 39.6 Å². The van der Waals surface area contributed by atoms with Crippen molar-refractivity contribution in [2.75, 3.05) is 0 Å². The van der Waals surface area contributed by atoms with E-state index in [1.165, 1.54) is 42.7 Å². The summed E-state index contributed by atoms with van der Waals surface area (Å²) in [6.07, 6.45) is 0. The second-order valence-corrected chi connectivity index (χ2v) is 11.9. The van der Waals surface area contributed by atoms with E-state index in [1.807, 2.05) is 47.7 Å². The number of benzene rings is 6. The third kappa shape index (κ3) is 3.89. The van der Waals surface area contributed by atoms with Crippen LogP contribution in [-0.2, 0) is 0 Å². The van der Waals surface area contributed by atoms with Crippen molar-refractivity contribution in [1.82, 2.24) is 14.5 Å². The van der Waals surface area contributed by atoms with E-state index in [4.69, 9.17) is 9.97 Å². The zero-order valence-electron chi connectivity index (χ0n) is 23.7. The molecule has 6 aromatic carbocycles. The summed E-state index contributed by atoms with van der Waals surface area (Å²) < 4.78 is 3.78. The molecule has 0 spiro atoms. The van der Waals surface area contributed by atoms with Crippen molar-refractivity contribution in [3.63, 3.8) is 0 Å². The van der Waals surface area contributed by atoms with Gasteiger partial charge in [0.05, 0.1) is 22.4 Å². The standard InChI is InChI=1S/C40H25N3S/c1-3-11-26(12-4-1)34-25-35(42-40(41-34)28-13-5-2-6-14-28)27-19-21-29(22-20-27)43-36-18-10-9-17-32(36)37-33-23-24-44-39(33)31-16-8-7-15-30(31)38(37)43/h1-25H. The van der Waals surface area contributed by atoms with Crippen molar-refractivity contribution in [3.05, 3.63) is 151 Å². The third-order valence-electron chi connectivity index (χ3n) is 8.49. The molecule has 0 saturated carbocycles. The lowest BCUT2D eigenvalue weighted by Gasteiger charge is -2.12. The first kappa shape index (κ1) is 25.0. The monoisotopic (exact) mass is 579 g/mol. The summed E-state index contributed by atoms with van der Waals surface area (Å²) in [5.41, 5.74) is 8.52. The van der Waals surface area contributed by atoms with Crippen molar-refractivity contribution in [3.8, 4) is 39.6 Å². The molecule has 9 rings (SSSR count). The third-order valence-corrected chi connectivity index (χ3v) is 9.43. The molecule has 0 radical (unpaired) electrons. The molecule has 0 aliphatic rings. The van der Waals surface area contributed by atoms with E-state index in [2.05, 4.69) is 119 Å². The SMILES string of the molecule is c1ccc(-c2cc(-c3ccc(-n4c5ccccc5c5c6ccsc6c6ccccc6c54)cc3)nc(-c3ccccc3)n2)cc1. The Bertz CT molecular complexity index is 2420. The summed E-state index contributed by atoms with van der Waals surface area (Å²) >= 11 is 1.82. The van der Waals surface area contributed by atoms with Gasteiger partial charge in [0.25, 0.3) is 0 Å². The zero-order valence-corrected chi connectivity index (χ0v) is 24.5. The van der Waals surface area contributed by atoms with Crippen LogP contribution in [0.15, 0.2) is 151 Å². The van der Waals surface area contributed by atoms with Gasteiger partial charge in [0, 0.05) is 54.0 Å². The summed E-state index contributed by atoms with van der Waals surface area (Å²) in [7, 11) is 0. The fourth-order valence-corrected chi connectivity index (χ4v) is 7.43. The quantitative estimate of drug-likeness (QED) is 0.208. The molecule has 0 fully saturated rings. The van der Waals surface area contributed by atoms with Gasteiger partial charge in [0.15, 0.2) is 5.82 Å². The summed E-state index contributed by atoms with van der Waals surface area (Å²) in [6, 6.07) is 51.3. The van der Waals surface area contributed by atoms with Crippen LogP contribution in [0.1, 0.15) is 0 Å². The molecular formula is C40H25N3S. The normalized spacial score (nSPS) is 11.6. The number of fused-ring (bicyclic) bond motifs is 8. The van der Waals surface area contributed by atoms with Crippen molar-refractivity contribution in [1.29, 1.82) is 0 Å². The maximum atomic E-state index is 5.04. The van der Waals surface area contributed by atoms with E-state index in [-0.39, 0.29) is 0 Å². The molecule has 4 heteroatoms. The fourth-order valence-electron chi connectivity index (χ4n) is 6.49. The molecule has 0 atom stereocenters. The topological polar surface area (TPSA) is 30.7 Å². The molecule has 0 N–H and O–H groups in total. The van der Waals surface area contributed by atoms with Crippen LogP contribution < -0.4 is 0 Å². The molecule has 9 aromatic rings. The molecule has 44 heavy (non-hydrogen) atoms. The molecule has 206 valence electrons. The van der Waals surface area contributed by atoms with Crippen LogP contribution in [0.5, 0.6) is 0 Å². The van der Waals surface area contributed by atoms with Gasteiger partial charge in [-0.1, -0.05) is 115 Å². The largest absolute Gasteiger partial charge is 0.309 e. The van der Waals surface area contributed by atoms with Crippen molar-refractivity contribution >= 4 is 54.0 Å². The Labute approximate surface area is 258 Å². The molecular weight excluding hydrogens is 555 g/mol. The minimum Gasteiger partial charge on any atom is -0.309 e. The van der Waals surface area contributed by atoms with Gasteiger partial charge in [0.2, 0.25) is 0 Å². The van der Waals surface area contributed by atoms with E-state index in [0.29, 0.717) is 0 Å². The van der Waals surface area contributed by atoms with Gasteiger partial charge in [-0.05, 0) is 35.7 Å². The maximum Gasteiger partial charge on any atom is 0.160 e. The van der Waals surface area contributed by atoms with E-state index in [9.17, 15) is 0 Å². The first-order valence-corrected chi connectivity index (χ1v) is 15.6. The highest BCUT2D eigenvalue weighted by molar-refractivity contribution is 7.18. The maximum absolute atomic E-state index is 5.04. The Morgan fingerprint density at radius 2 is 1.07 bits per heavy atom. The van der Waals surface area contributed by atoms with Gasteiger partial charge in [-0.25, -0.2) is 9.97 Å². The number of para-hydroxylation sites is 1. The van der Waals surface area contributed by atoms with Gasteiger partial charge in [-0.2, -0.15) is 0 Å². The number of aromatic nitrogens is 3. The van der Waals surface area contributed by atoms with Crippen molar-refractivity contribution < 1.29 is 0 Å².